The molecule has 5 heteroatoms. The van der Waals surface area contributed by atoms with E-state index in [1.807, 2.05) is 54.6 Å². The maximum Gasteiger partial charge on any atom is 0.258 e. The van der Waals surface area contributed by atoms with Crippen molar-refractivity contribution in [2.45, 2.75) is 0 Å². The van der Waals surface area contributed by atoms with Crippen molar-refractivity contribution in [3.8, 4) is 0 Å². The fourth-order valence-corrected chi connectivity index (χ4v) is 8.55. The summed E-state index contributed by atoms with van der Waals surface area (Å²) in [5.74, 6) is -0.200. The monoisotopic (exact) mass is 474 g/mol. The Morgan fingerprint density at radius 3 is 1.47 bits per heavy atom. The number of carbonyl (C=O) groups excluding carboxylic acids is 1. The Morgan fingerprint density at radius 2 is 1.09 bits per heavy atom. The number of amides is 1. The van der Waals surface area contributed by atoms with Crippen LogP contribution < -0.4 is 21.2 Å². The Morgan fingerprint density at radius 1 is 0.688 bits per heavy atom. The second kappa shape index (κ2) is 10.2. The summed E-state index contributed by atoms with van der Waals surface area (Å²) in [6, 6.07) is 37.9. The number of halogens is 1. The molecule has 158 valence electrons. The van der Waals surface area contributed by atoms with Crippen molar-refractivity contribution in [1.82, 2.24) is 5.32 Å². The van der Waals surface area contributed by atoms with Gasteiger partial charge in [-0.25, -0.2) is 0 Å². The van der Waals surface area contributed by atoms with Crippen LogP contribution in [0.25, 0.3) is 0 Å². The first-order valence-corrected chi connectivity index (χ1v) is 12.8. The van der Waals surface area contributed by atoms with E-state index in [0.717, 1.165) is 21.4 Å². The van der Waals surface area contributed by atoms with E-state index in [9.17, 15) is 4.79 Å². The molecule has 0 aliphatic heterocycles. The topological polar surface area (TPSA) is 29.1 Å². The fourth-order valence-electron chi connectivity index (χ4n) is 3.81. The number of rotatable bonds is 6. The lowest BCUT2D eigenvalue weighted by molar-refractivity contribution is 0.0968. The van der Waals surface area contributed by atoms with Crippen molar-refractivity contribution in [2.24, 2.45) is 0 Å². The second-order valence-electron chi connectivity index (χ2n) is 7.15. The molecule has 2 nitrogen and oxygen atoms in total. The maximum atomic E-state index is 13.3. The summed E-state index contributed by atoms with van der Waals surface area (Å²) in [4.78, 5) is 13.3. The molecule has 0 unspecified atom stereocenters. The molecular formula is C27H22ClNOPS+. The van der Waals surface area contributed by atoms with Crippen molar-refractivity contribution in [2.75, 3.05) is 0 Å². The SMILES string of the molecule is O=C(N/C(=C\S)[P+](c1ccccc1)(c1ccccc1)c1ccccc1)c1ccc(Cl)cc1. The Labute approximate surface area is 199 Å². The van der Waals surface area contributed by atoms with Crippen molar-refractivity contribution in [3.05, 3.63) is 137 Å². The highest BCUT2D eigenvalue weighted by Gasteiger charge is 2.50. The summed E-state index contributed by atoms with van der Waals surface area (Å²) in [7, 11) is -2.42. The Hall–Kier alpha value is -2.84. The van der Waals surface area contributed by atoms with E-state index >= 15 is 0 Å². The molecule has 4 aromatic rings. The van der Waals surface area contributed by atoms with Gasteiger partial charge in [0.2, 0.25) is 0 Å². The van der Waals surface area contributed by atoms with E-state index in [2.05, 4.69) is 54.3 Å². The van der Waals surface area contributed by atoms with Gasteiger partial charge in [-0.05, 0) is 60.7 Å². The number of nitrogens with one attached hydrogen (secondary N) is 1. The minimum absolute atomic E-state index is 0.200. The Balaban J connectivity index is 1.93. The first-order valence-electron chi connectivity index (χ1n) is 10.1. The molecule has 4 aromatic carbocycles. The second-order valence-corrected chi connectivity index (χ2v) is 11.2. The van der Waals surface area contributed by atoms with E-state index < -0.39 is 7.26 Å². The van der Waals surface area contributed by atoms with Gasteiger partial charge in [-0.3, -0.25) is 10.1 Å². The summed E-state index contributed by atoms with van der Waals surface area (Å²) >= 11 is 10.6. The lowest BCUT2D eigenvalue weighted by Gasteiger charge is -2.29. The third kappa shape index (κ3) is 4.38. The third-order valence-corrected chi connectivity index (χ3v) is 10.2. The van der Waals surface area contributed by atoms with Crippen molar-refractivity contribution < 1.29 is 4.79 Å². The Kier molecular flexibility index (Phi) is 7.12. The molecule has 0 aromatic heterocycles. The highest BCUT2D eigenvalue weighted by atomic mass is 35.5. The smallest absolute Gasteiger partial charge is 0.258 e. The molecule has 0 bridgehead atoms. The minimum atomic E-state index is -2.42. The molecule has 0 atom stereocenters. The first-order chi connectivity index (χ1) is 15.7. The van der Waals surface area contributed by atoms with E-state index in [1.165, 1.54) is 0 Å². The van der Waals surface area contributed by atoms with Gasteiger partial charge in [0, 0.05) is 16.0 Å². The van der Waals surface area contributed by atoms with Crippen LogP contribution in [0, 0.1) is 0 Å². The normalized spacial score (nSPS) is 11.8. The number of carbonyl (C=O) groups is 1. The summed E-state index contributed by atoms with van der Waals surface area (Å²) in [5, 5.41) is 8.91. The third-order valence-electron chi connectivity index (χ3n) is 5.26. The van der Waals surface area contributed by atoms with Crippen LogP contribution in [-0.4, -0.2) is 5.91 Å². The highest BCUT2D eigenvalue weighted by Crippen LogP contribution is 2.61. The average molecular weight is 475 g/mol. The molecule has 32 heavy (non-hydrogen) atoms. The number of hydrogen-bond donors (Lipinski definition) is 2. The van der Waals surface area contributed by atoms with E-state index in [4.69, 9.17) is 11.6 Å². The van der Waals surface area contributed by atoms with Gasteiger partial charge >= 0.3 is 0 Å². The number of thiol groups is 1. The van der Waals surface area contributed by atoms with Crippen LogP contribution in [0.4, 0.5) is 0 Å². The summed E-state index contributed by atoms with van der Waals surface area (Å²) in [6.45, 7) is 0. The number of hydrogen-bond acceptors (Lipinski definition) is 2. The van der Waals surface area contributed by atoms with Gasteiger partial charge in [-0.2, -0.15) is 0 Å². The minimum Gasteiger partial charge on any atom is -0.292 e. The number of benzene rings is 4. The van der Waals surface area contributed by atoms with Gasteiger partial charge < -0.3 is 0 Å². The molecule has 0 radical (unpaired) electrons. The molecule has 1 amide bonds. The van der Waals surface area contributed by atoms with Gasteiger partial charge in [-0.1, -0.05) is 66.2 Å². The van der Waals surface area contributed by atoms with E-state index in [-0.39, 0.29) is 5.91 Å². The molecule has 0 aliphatic rings. The van der Waals surface area contributed by atoms with Crippen LogP contribution in [0.3, 0.4) is 0 Å². The molecule has 0 spiro atoms. The summed E-state index contributed by atoms with van der Waals surface area (Å²) in [6.07, 6.45) is 0. The van der Waals surface area contributed by atoms with Crippen LogP contribution in [-0.2, 0) is 0 Å². The molecule has 0 aliphatic carbocycles. The first kappa shape index (κ1) is 22.4. The lowest BCUT2D eigenvalue weighted by Crippen LogP contribution is -2.38. The van der Waals surface area contributed by atoms with Crippen molar-refractivity contribution in [3.63, 3.8) is 0 Å². The Bertz CT molecular complexity index is 1120. The zero-order valence-corrected chi connectivity index (χ0v) is 19.8. The van der Waals surface area contributed by atoms with Gasteiger partial charge in [0.25, 0.3) is 5.91 Å². The lowest BCUT2D eigenvalue weighted by atomic mass is 10.2. The molecule has 0 saturated carbocycles. The quantitative estimate of drug-likeness (QED) is 0.269. The molecule has 4 rings (SSSR count). The fraction of sp³-hybridized carbons (Fsp3) is 0. The van der Waals surface area contributed by atoms with Gasteiger partial charge in [-0.15, -0.1) is 12.6 Å². The average Bonchev–Trinajstić information content (AvgIpc) is 2.86. The molecule has 1 N–H and O–H groups in total. The highest BCUT2D eigenvalue weighted by molar-refractivity contribution is 7.99. The van der Waals surface area contributed by atoms with Gasteiger partial charge in [0.1, 0.15) is 15.9 Å². The predicted octanol–water partition coefficient (Wildman–Crippen LogP) is 5.79. The molecular weight excluding hydrogens is 453 g/mol. The van der Waals surface area contributed by atoms with Crippen molar-refractivity contribution in [1.29, 1.82) is 0 Å². The molecule has 0 fully saturated rings. The van der Waals surface area contributed by atoms with Crippen LogP contribution in [0.15, 0.2) is 126 Å². The van der Waals surface area contributed by atoms with E-state index in [0.29, 0.717) is 10.6 Å². The summed E-state index contributed by atoms with van der Waals surface area (Å²) in [5.41, 5.74) is 1.30. The zero-order valence-electron chi connectivity index (χ0n) is 17.2. The maximum absolute atomic E-state index is 13.3. The van der Waals surface area contributed by atoms with Crippen LogP contribution in [0.1, 0.15) is 10.4 Å². The molecule has 0 heterocycles. The van der Waals surface area contributed by atoms with E-state index in [1.54, 1.807) is 29.7 Å². The van der Waals surface area contributed by atoms with Crippen LogP contribution in [0.2, 0.25) is 5.02 Å². The zero-order chi connectivity index (χ0) is 22.4. The largest absolute Gasteiger partial charge is 0.292 e. The molecule has 0 saturated heterocycles. The van der Waals surface area contributed by atoms with Crippen LogP contribution >= 0.6 is 31.5 Å². The predicted molar refractivity (Wildman–Crippen MR) is 141 cm³/mol. The van der Waals surface area contributed by atoms with Gasteiger partial charge in [0.05, 0.1) is 0 Å². The standard InChI is InChI=1S/C27H21ClNOPS/c28-22-18-16-21(17-19-22)27(30)29-26(20-32)31(23-10-4-1-5-11-23,24-12-6-2-7-13-24)25-14-8-3-9-15-25/h1-20H,(H-,29,30,32)/p+1/b26-20+. The van der Waals surface area contributed by atoms with Gasteiger partial charge in [0.15, 0.2) is 12.7 Å². The van der Waals surface area contributed by atoms with Crippen molar-refractivity contribution >= 4 is 53.3 Å². The summed E-state index contributed by atoms with van der Waals surface area (Å²) < 4.78 is 0. The van der Waals surface area contributed by atoms with Crippen LogP contribution in [0.5, 0.6) is 0 Å².